The number of aliphatic hydroxyl groups is 1. The van der Waals surface area contributed by atoms with Gasteiger partial charge in [0, 0.05) is 12.6 Å². The number of nitriles is 1. The fourth-order valence-electron chi connectivity index (χ4n) is 2.34. The number of piperidine rings is 1. The Bertz CT molecular complexity index is 312. The van der Waals surface area contributed by atoms with Crippen LogP contribution in [0.4, 0.5) is 0 Å². The van der Waals surface area contributed by atoms with Gasteiger partial charge in [-0.1, -0.05) is 0 Å². The van der Waals surface area contributed by atoms with Crippen molar-refractivity contribution in [3.63, 3.8) is 0 Å². The minimum Gasteiger partial charge on any atom is -0.396 e. The number of rotatable bonds is 3. The third-order valence-electron chi connectivity index (χ3n) is 3.27. The largest absolute Gasteiger partial charge is 0.396 e. The smallest absolute Gasteiger partial charge is 0.240 e. The highest BCUT2D eigenvalue weighted by atomic mass is 16.3. The van der Waals surface area contributed by atoms with Crippen LogP contribution in [0.15, 0.2) is 0 Å². The zero-order chi connectivity index (χ0) is 11.0. The molecular weight excluding hydrogens is 194 g/mol. The van der Waals surface area contributed by atoms with Crippen molar-refractivity contribution < 1.29 is 9.90 Å². The van der Waals surface area contributed by atoms with Crippen molar-refractivity contribution in [2.75, 3.05) is 6.61 Å². The number of likely N-dealkylation sites (tertiary alicyclic amines) is 1. The van der Waals surface area contributed by atoms with Crippen molar-refractivity contribution >= 4 is 5.91 Å². The van der Waals surface area contributed by atoms with Gasteiger partial charge in [-0.15, -0.1) is 0 Å². The van der Waals surface area contributed by atoms with Crippen LogP contribution >= 0.6 is 0 Å². The molecule has 2 rings (SSSR count). The molecule has 0 bridgehead atoms. The van der Waals surface area contributed by atoms with Crippen LogP contribution in [-0.2, 0) is 4.79 Å². The molecule has 82 valence electrons. The Morgan fingerprint density at radius 2 is 2.40 bits per heavy atom. The molecule has 4 atom stereocenters. The van der Waals surface area contributed by atoms with Gasteiger partial charge in [0.25, 0.3) is 0 Å². The minimum absolute atomic E-state index is 0.0912. The Hall–Kier alpha value is -1.12. The number of nitrogens with zero attached hydrogens (tertiary/aromatic N) is 2. The second-order valence-electron chi connectivity index (χ2n) is 4.31. The van der Waals surface area contributed by atoms with E-state index in [1.54, 1.807) is 4.90 Å². The van der Waals surface area contributed by atoms with Crippen LogP contribution in [-0.4, -0.2) is 40.6 Å². The van der Waals surface area contributed by atoms with Gasteiger partial charge in [0.1, 0.15) is 6.04 Å². The van der Waals surface area contributed by atoms with Gasteiger partial charge < -0.3 is 15.7 Å². The summed E-state index contributed by atoms with van der Waals surface area (Å²) < 4.78 is 0. The van der Waals surface area contributed by atoms with Gasteiger partial charge in [-0.3, -0.25) is 4.79 Å². The topological polar surface area (TPSA) is 90.4 Å². The summed E-state index contributed by atoms with van der Waals surface area (Å²) in [6.45, 7) is -0.0912. The maximum Gasteiger partial charge on any atom is 0.240 e. The number of hydrogen-bond donors (Lipinski definition) is 2. The van der Waals surface area contributed by atoms with Crippen molar-refractivity contribution in [3.05, 3.63) is 0 Å². The summed E-state index contributed by atoms with van der Waals surface area (Å²) in [5, 5.41) is 17.6. The van der Waals surface area contributed by atoms with Gasteiger partial charge in [0.05, 0.1) is 12.1 Å². The van der Waals surface area contributed by atoms with Crippen LogP contribution in [0.3, 0.4) is 0 Å². The maximum absolute atomic E-state index is 11.9. The molecule has 1 aliphatic heterocycles. The van der Waals surface area contributed by atoms with Crippen LogP contribution in [0.2, 0.25) is 0 Å². The van der Waals surface area contributed by atoms with Gasteiger partial charge in [0.2, 0.25) is 5.91 Å². The van der Waals surface area contributed by atoms with E-state index in [9.17, 15) is 4.79 Å². The standard InChI is InChI=1S/C10H15N3O2/c11-5-7-3-6-4-9(6)13(7)10(15)8(12)1-2-14/h6-9,14H,1-4,12H2/t6-,7+,8-,9+/m1/s1. The molecule has 5 nitrogen and oxygen atoms in total. The van der Waals surface area contributed by atoms with Gasteiger partial charge in [-0.2, -0.15) is 5.26 Å². The minimum atomic E-state index is -0.662. The third kappa shape index (κ3) is 1.71. The van der Waals surface area contributed by atoms with Crippen LogP contribution in [0.5, 0.6) is 0 Å². The van der Waals surface area contributed by atoms with Crippen molar-refractivity contribution in [2.24, 2.45) is 11.7 Å². The summed E-state index contributed by atoms with van der Waals surface area (Å²) in [5.74, 6) is 0.334. The summed E-state index contributed by atoms with van der Waals surface area (Å²) in [6, 6.07) is 1.42. The van der Waals surface area contributed by atoms with E-state index in [0.717, 1.165) is 12.8 Å². The maximum atomic E-state index is 11.9. The van der Waals surface area contributed by atoms with Crippen molar-refractivity contribution in [2.45, 2.75) is 37.4 Å². The number of amides is 1. The predicted octanol–water partition coefficient (Wildman–Crippen LogP) is -0.791. The fraction of sp³-hybridized carbons (Fsp3) is 0.800. The Kier molecular flexibility index (Phi) is 2.63. The van der Waals surface area contributed by atoms with Crippen LogP contribution in [0, 0.1) is 17.2 Å². The van der Waals surface area contributed by atoms with E-state index in [0.29, 0.717) is 5.92 Å². The molecule has 0 unspecified atom stereocenters. The molecule has 1 amide bonds. The fourth-order valence-corrected chi connectivity index (χ4v) is 2.34. The van der Waals surface area contributed by atoms with Crippen molar-refractivity contribution in [1.29, 1.82) is 5.26 Å². The molecule has 2 aliphatic rings. The molecule has 15 heavy (non-hydrogen) atoms. The number of fused-ring (bicyclic) bond motifs is 1. The van der Waals surface area contributed by atoms with Gasteiger partial charge in [-0.05, 0) is 25.2 Å². The zero-order valence-corrected chi connectivity index (χ0v) is 8.47. The number of aliphatic hydroxyl groups excluding tert-OH is 1. The number of hydrogen-bond acceptors (Lipinski definition) is 4. The Labute approximate surface area is 88.5 Å². The molecule has 1 saturated carbocycles. The van der Waals surface area contributed by atoms with Crippen LogP contribution in [0.1, 0.15) is 19.3 Å². The molecule has 0 radical (unpaired) electrons. The SMILES string of the molecule is N#C[C@@H]1C[C@@H]2C[C@@H]2N1C(=O)[C@H](N)CCO. The Balaban J connectivity index is 2.03. The molecule has 5 heteroatoms. The van der Waals surface area contributed by atoms with Crippen molar-refractivity contribution in [1.82, 2.24) is 4.90 Å². The van der Waals surface area contributed by atoms with Gasteiger partial charge in [0.15, 0.2) is 0 Å². The highest BCUT2D eigenvalue weighted by molar-refractivity contribution is 5.83. The lowest BCUT2D eigenvalue weighted by molar-refractivity contribution is -0.133. The summed E-state index contributed by atoms with van der Waals surface area (Å²) >= 11 is 0. The first-order chi connectivity index (χ1) is 7.19. The van der Waals surface area contributed by atoms with Crippen LogP contribution in [0.25, 0.3) is 0 Å². The van der Waals surface area contributed by atoms with Gasteiger partial charge >= 0.3 is 0 Å². The molecule has 0 aromatic rings. The lowest BCUT2D eigenvalue weighted by atomic mass is 10.1. The molecule has 0 aromatic heterocycles. The second kappa shape index (κ2) is 3.80. The molecule has 1 saturated heterocycles. The lowest BCUT2D eigenvalue weighted by Crippen LogP contribution is -2.47. The van der Waals surface area contributed by atoms with E-state index >= 15 is 0 Å². The molecule has 1 aliphatic carbocycles. The Morgan fingerprint density at radius 3 is 3.00 bits per heavy atom. The van der Waals surface area contributed by atoms with Gasteiger partial charge in [-0.25, -0.2) is 0 Å². The highest BCUT2D eigenvalue weighted by Crippen LogP contribution is 2.47. The average Bonchev–Trinajstić information content (AvgIpc) is 2.89. The van der Waals surface area contributed by atoms with E-state index in [1.165, 1.54) is 0 Å². The highest BCUT2D eigenvalue weighted by Gasteiger charge is 2.54. The monoisotopic (exact) mass is 209 g/mol. The molecule has 3 N–H and O–H groups in total. The zero-order valence-electron chi connectivity index (χ0n) is 8.47. The first kappa shape index (κ1) is 10.4. The number of nitrogens with two attached hydrogens (primary N) is 1. The molecular formula is C10H15N3O2. The molecule has 0 spiro atoms. The van der Waals surface area contributed by atoms with E-state index in [4.69, 9.17) is 16.1 Å². The normalized spacial score (nSPS) is 34.5. The van der Waals surface area contributed by atoms with E-state index in [2.05, 4.69) is 6.07 Å². The number of carbonyl (C=O) groups is 1. The van der Waals surface area contributed by atoms with E-state index in [-0.39, 0.29) is 31.0 Å². The van der Waals surface area contributed by atoms with Crippen LogP contribution < -0.4 is 5.73 Å². The first-order valence-corrected chi connectivity index (χ1v) is 5.27. The first-order valence-electron chi connectivity index (χ1n) is 5.27. The quantitative estimate of drug-likeness (QED) is 0.637. The lowest BCUT2D eigenvalue weighted by Gasteiger charge is -2.25. The molecule has 2 fully saturated rings. The predicted molar refractivity (Wildman–Crippen MR) is 52.4 cm³/mol. The summed E-state index contributed by atoms with van der Waals surface area (Å²) in [4.78, 5) is 13.5. The number of carbonyl (C=O) groups excluding carboxylic acids is 1. The summed E-state index contributed by atoms with van der Waals surface area (Å²) in [5.41, 5.74) is 5.64. The summed E-state index contributed by atoms with van der Waals surface area (Å²) in [7, 11) is 0. The molecule has 1 heterocycles. The van der Waals surface area contributed by atoms with Crippen molar-refractivity contribution in [3.8, 4) is 6.07 Å². The summed E-state index contributed by atoms with van der Waals surface area (Å²) in [6.07, 6.45) is 2.07. The second-order valence-corrected chi connectivity index (χ2v) is 4.31. The van der Waals surface area contributed by atoms with E-state index in [1.807, 2.05) is 0 Å². The van der Waals surface area contributed by atoms with E-state index < -0.39 is 6.04 Å². The molecule has 0 aromatic carbocycles. The Morgan fingerprint density at radius 1 is 1.67 bits per heavy atom. The average molecular weight is 209 g/mol. The third-order valence-corrected chi connectivity index (χ3v) is 3.27.